The Morgan fingerprint density at radius 1 is 1.00 bits per heavy atom. The molecule has 0 radical (unpaired) electrons. The Kier molecular flexibility index (Phi) is 7.50. The molecule has 0 atom stereocenters. The molecule has 132 valence electrons. The largest absolute Gasteiger partial charge is 0.494 e. The molecule has 0 aliphatic rings. The van der Waals surface area contributed by atoms with Crippen molar-refractivity contribution in [2.75, 3.05) is 19.0 Å². The Labute approximate surface area is 148 Å². The number of methoxy groups -OCH3 is 1. The number of hydrogen-bond acceptors (Lipinski definition) is 4. The van der Waals surface area contributed by atoms with E-state index in [-0.39, 0.29) is 18.7 Å². The smallest absolute Gasteiger partial charge is 0.306 e. The van der Waals surface area contributed by atoms with E-state index in [4.69, 9.17) is 4.74 Å². The van der Waals surface area contributed by atoms with Gasteiger partial charge in [-0.2, -0.15) is 0 Å². The Bertz CT molecular complexity index is 685. The summed E-state index contributed by atoms with van der Waals surface area (Å²) < 4.78 is 10.3. The minimum Gasteiger partial charge on any atom is -0.494 e. The molecule has 0 aromatic heterocycles. The zero-order valence-electron chi connectivity index (χ0n) is 14.4. The third-order valence-electron chi connectivity index (χ3n) is 3.62. The predicted molar refractivity (Wildman–Crippen MR) is 96.6 cm³/mol. The number of carbonyl (C=O) groups is 2. The Hall–Kier alpha value is -2.82. The number of carbonyl (C=O) groups excluding carboxylic acids is 2. The van der Waals surface area contributed by atoms with E-state index in [1.54, 1.807) is 12.1 Å². The summed E-state index contributed by atoms with van der Waals surface area (Å²) >= 11 is 0. The summed E-state index contributed by atoms with van der Waals surface area (Å²) in [5, 5.41) is 2.75. The van der Waals surface area contributed by atoms with Gasteiger partial charge in [0, 0.05) is 18.2 Å². The average molecular weight is 341 g/mol. The maximum absolute atomic E-state index is 11.8. The van der Waals surface area contributed by atoms with Gasteiger partial charge in [-0.1, -0.05) is 36.4 Å². The van der Waals surface area contributed by atoms with Gasteiger partial charge in [0.1, 0.15) is 5.75 Å². The fourth-order valence-electron chi connectivity index (χ4n) is 2.32. The molecule has 5 nitrogen and oxygen atoms in total. The lowest BCUT2D eigenvalue weighted by molar-refractivity contribution is -0.141. The zero-order chi connectivity index (χ0) is 17.9. The van der Waals surface area contributed by atoms with Crippen molar-refractivity contribution in [3.8, 4) is 5.75 Å². The minimum absolute atomic E-state index is 0.0675. The summed E-state index contributed by atoms with van der Waals surface area (Å²) in [6, 6.07) is 17.5. The van der Waals surface area contributed by atoms with Gasteiger partial charge in [0.25, 0.3) is 0 Å². The van der Waals surface area contributed by atoms with Gasteiger partial charge < -0.3 is 14.8 Å². The van der Waals surface area contributed by atoms with Gasteiger partial charge in [-0.05, 0) is 30.5 Å². The second-order valence-electron chi connectivity index (χ2n) is 5.59. The fraction of sp³-hybridized carbons (Fsp3) is 0.300. The van der Waals surface area contributed by atoms with Gasteiger partial charge in [0.15, 0.2) is 0 Å². The standard InChI is InChI=1S/C20H23NO4/c1-24-20(23)13-12-19(22)21-17-10-5-11-18(15-17)25-14-6-9-16-7-3-2-4-8-16/h2-5,7-8,10-11,15H,6,9,12-14H2,1H3,(H,21,22). The Morgan fingerprint density at radius 2 is 1.80 bits per heavy atom. The van der Waals surface area contributed by atoms with Crippen molar-refractivity contribution in [2.45, 2.75) is 25.7 Å². The molecule has 0 spiro atoms. The first-order chi connectivity index (χ1) is 12.2. The molecule has 0 saturated heterocycles. The first kappa shape index (κ1) is 18.5. The first-order valence-electron chi connectivity index (χ1n) is 8.31. The molecule has 0 heterocycles. The highest BCUT2D eigenvalue weighted by Gasteiger charge is 2.07. The van der Waals surface area contributed by atoms with E-state index in [2.05, 4.69) is 22.2 Å². The van der Waals surface area contributed by atoms with Gasteiger partial charge in [-0.15, -0.1) is 0 Å². The van der Waals surface area contributed by atoms with Crippen molar-refractivity contribution in [3.63, 3.8) is 0 Å². The number of hydrogen-bond donors (Lipinski definition) is 1. The van der Waals surface area contributed by atoms with Crippen molar-refractivity contribution in [1.82, 2.24) is 0 Å². The van der Waals surface area contributed by atoms with Crippen LogP contribution in [0.3, 0.4) is 0 Å². The lowest BCUT2D eigenvalue weighted by atomic mass is 10.1. The number of benzene rings is 2. The van der Waals surface area contributed by atoms with E-state index in [1.165, 1.54) is 12.7 Å². The number of nitrogens with one attached hydrogen (secondary N) is 1. The summed E-state index contributed by atoms with van der Waals surface area (Å²) in [5.41, 5.74) is 1.94. The highest BCUT2D eigenvalue weighted by Crippen LogP contribution is 2.18. The third-order valence-corrected chi connectivity index (χ3v) is 3.62. The number of anilines is 1. The average Bonchev–Trinajstić information content (AvgIpc) is 2.64. The van der Waals surface area contributed by atoms with Crippen molar-refractivity contribution in [1.29, 1.82) is 0 Å². The Balaban J connectivity index is 1.74. The lowest BCUT2D eigenvalue weighted by Crippen LogP contribution is -2.14. The molecule has 0 saturated carbocycles. The van der Waals surface area contributed by atoms with Crippen LogP contribution in [-0.4, -0.2) is 25.6 Å². The van der Waals surface area contributed by atoms with E-state index < -0.39 is 5.97 Å². The van der Waals surface area contributed by atoms with Gasteiger partial charge in [-0.3, -0.25) is 9.59 Å². The number of amides is 1. The quantitative estimate of drug-likeness (QED) is 0.559. The van der Waals surface area contributed by atoms with Crippen molar-refractivity contribution in [2.24, 2.45) is 0 Å². The predicted octanol–water partition coefficient (Wildman–Crippen LogP) is 3.59. The van der Waals surface area contributed by atoms with E-state index in [9.17, 15) is 9.59 Å². The molecule has 2 aromatic carbocycles. The molecule has 2 rings (SSSR count). The lowest BCUT2D eigenvalue weighted by Gasteiger charge is -2.09. The van der Waals surface area contributed by atoms with Gasteiger partial charge in [0.2, 0.25) is 5.91 Å². The molecule has 25 heavy (non-hydrogen) atoms. The van der Waals surface area contributed by atoms with Crippen LogP contribution in [0.15, 0.2) is 54.6 Å². The number of ether oxygens (including phenoxy) is 2. The van der Waals surface area contributed by atoms with Gasteiger partial charge in [0.05, 0.1) is 20.1 Å². The summed E-state index contributed by atoms with van der Waals surface area (Å²) in [6.07, 6.45) is 2.04. The van der Waals surface area contributed by atoms with Crippen LogP contribution in [0.25, 0.3) is 0 Å². The van der Waals surface area contributed by atoms with Crippen LogP contribution in [0.1, 0.15) is 24.8 Å². The first-order valence-corrected chi connectivity index (χ1v) is 8.31. The fourth-order valence-corrected chi connectivity index (χ4v) is 2.32. The molecule has 2 aromatic rings. The van der Waals surface area contributed by atoms with E-state index in [0.717, 1.165) is 12.8 Å². The molecule has 0 bridgehead atoms. The Morgan fingerprint density at radius 3 is 2.56 bits per heavy atom. The van der Waals surface area contributed by atoms with Crippen molar-refractivity contribution < 1.29 is 19.1 Å². The van der Waals surface area contributed by atoms with Crippen LogP contribution in [0, 0.1) is 0 Å². The molecule has 0 aliphatic carbocycles. The van der Waals surface area contributed by atoms with E-state index in [0.29, 0.717) is 18.0 Å². The van der Waals surface area contributed by atoms with Crippen molar-refractivity contribution in [3.05, 3.63) is 60.2 Å². The second-order valence-corrected chi connectivity index (χ2v) is 5.59. The van der Waals surface area contributed by atoms with Crippen molar-refractivity contribution >= 4 is 17.6 Å². The molecule has 0 unspecified atom stereocenters. The molecule has 0 aliphatic heterocycles. The zero-order valence-corrected chi connectivity index (χ0v) is 14.4. The summed E-state index contributed by atoms with van der Waals surface area (Å²) in [7, 11) is 1.30. The highest BCUT2D eigenvalue weighted by atomic mass is 16.5. The van der Waals surface area contributed by atoms with Crippen LogP contribution < -0.4 is 10.1 Å². The van der Waals surface area contributed by atoms with Gasteiger partial charge in [-0.25, -0.2) is 0 Å². The maximum atomic E-state index is 11.8. The van der Waals surface area contributed by atoms with Crippen LogP contribution in [0.5, 0.6) is 5.75 Å². The third kappa shape index (κ3) is 7.08. The SMILES string of the molecule is COC(=O)CCC(=O)Nc1cccc(OCCCc2ccccc2)c1. The van der Waals surface area contributed by atoms with Crippen LogP contribution in [0.4, 0.5) is 5.69 Å². The summed E-state index contributed by atoms with van der Waals surface area (Å²) in [5.74, 6) is 0.0797. The van der Waals surface area contributed by atoms with E-state index in [1.807, 2.05) is 30.3 Å². The van der Waals surface area contributed by atoms with Crippen LogP contribution in [-0.2, 0) is 20.7 Å². The maximum Gasteiger partial charge on any atom is 0.306 e. The number of rotatable bonds is 9. The number of esters is 1. The topological polar surface area (TPSA) is 64.6 Å². The molecular weight excluding hydrogens is 318 g/mol. The van der Waals surface area contributed by atoms with E-state index >= 15 is 0 Å². The summed E-state index contributed by atoms with van der Waals surface area (Å²) in [4.78, 5) is 22.9. The monoisotopic (exact) mass is 341 g/mol. The molecular formula is C20H23NO4. The van der Waals surface area contributed by atoms with Crippen LogP contribution in [0.2, 0.25) is 0 Å². The normalized spacial score (nSPS) is 10.1. The summed E-state index contributed by atoms with van der Waals surface area (Å²) in [6.45, 7) is 0.606. The minimum atomic E-state index is -0.398. The molecule has 0 fully saturated rings. The molecule has 5 heteroatoms. The van der Waals surface area contributed by atoms with Gasteiger partial charge >= 0.3 is 5.97 Å². The second kappa shape index (κ2) is 10.1. The molecule has 1 amide bonds. The van der Waals surface area contributed by atoms with Crippen LogP contribution >= 0.6 is 0 Å². The highest BCUT2D eigenvalue weighted by molar-refractivity contribution is 5.92. The number of aryl methyl sites for hydroxylation is 1. The molecule has 1 N–H and O–H groups in total.